The average molecular weight is 210 g/mol. The molecule has 0 aliphatic carbocycles. The topological polar surface area (TPSA) is 26.3 Å². The van der Waals surface area contributed by atoms with Crippen molar-refractivity contribution in [2.24, 2.45) is 0 Å². The van der Waals surface area contributed by atoms with Crippen molar-refractivity contribution in [3.05, 3.63) is 11.1 Å². The minimum atomic E-state index is -0.162. The van der Waals surface area contributed by atoms with Crippen LogP contribution in [0.15, 0.2) is 11.1 Å². The Balaban J connectivity index is 2.36. The van der Waals surface area contributed by atoms with Crippen molar-refractivity contribution in [3.63, 3.8) is 0 Å². The van der Waals surface area contributed by atoms with Gasteiger partial charge < -0.3 is 4.74 Å². The highest BCUT2D eigenvalue weighted by Crippen LogP contribution is 2.20. The van der Waals surface area contributed by atoms with Crippen LogP contribution in [-0.2, 0) is 9.53 Å². The number of ketones is 1. The van der Waals surface area contributed by atoms with Gasteiger partial charge in [-0.25, -0.2) is 0 Å². The van der Waals surface area contributed by atoms with E-state index in [0.717, 1.165) is 24.0 Å². The molecule has 0 amide bonds. The maximum atomic E-state index is 11.8. The van der Waals surface area contributed by atoms with Crippen molar-refractivity contribution < 1.29 is 9.53 Å². The minimum Gasteiger partial charge on any atom is -0.366 e. The maximum absolute atomic E-state index is 11.8. The zero-order valence-electron chi connectivity index (χ0n) is 10.1. The Morgan fingerprint density at radius 2 is 2.00 bits per heavy atom. The second-order valence-electron chi connectivity index (χ2n) is 4.42. The molecule has 0 aromatic heterocycles. The first-order valence-corrected chi connectivity index (χ1v) is 5.99. The van der Waals surface area contributed by atoms with Crippen LogP contribution in [-0.4, -0.2) is 18.5 Å². The molecule has 0 N–H and O–H groups in total. The third-order valence-electron chi connectivity index (χ3n) is 3.12. The first-order chi connectivity index (χ1) is 7.16. The van der Waals surface area contributed by atoms with E-state index in [1.165, 1.54) is 19.3 Å². The van der Waals surface area contributed by atoms with Gasteiger partial charge >= 0.3 is 0 Å². The van der Waals surface area contributed by atoms with Gasteiger partial charge in [0.05, 0.1) is 6.61 Å². The first-order valence-electron chi connectivity index (χ1n) is 5.99. The summed E-state index contributed by atoms with van der Waals surface area (Å²) in [5.41, 5.74) is 2.01. The number of hydrogen-bond donors (Lipinski definition) is 0. The summed E-state index contributed by atoms with van der Waals surface area (Å²) in [4.78, 5) is 11.8. The van der Waals surface area contributed by atoms with Gasteiger partial charge in [0, 0.05) is 0 Å². The molecule has 1 unspecified atom stereocenters. The third-order valence-corrected chi connectivity index (χ3v) is 3.12. The summed E-state index contributed by atoms with van der Waals surface area (Å²) in [6.07, 6.45) is 5.54. The van der Waals surface area contributed by atoms with Gasteiger partial charge in [0.15, 0.2) is 5.78 Å². The number of Topliss-reactive ketones (excluding diaryl/α,β-unsaturated/α-hetero) is 1. The Morgan fingerprint density at radius 3 is 2.67 bits per heavy atom. The molecule has 1 aliphatic heterocycles. The summed E-state index contributed by atoms with van der Waals surface area (Å²) >= 11 is 0. The van der Waals surface area contributed by atoms with E-state index >= 15 is 0 Å². The van der Waals surface area contributed by atoms with Crippen LogP contribution in [0.3, 0.4) is 0 Å². The van der Waals surface area contributed by atoms with Crippen molar-refractivity contribution >= 4 is 5.78 Å². The minimum absolute atomic E-state index is 0.162. The number of carbonyl (C=O) groups is 1. The molecule has 0 aromatic rings. The fourth-order valence-corrected chi connectivity index (χ4v) is 1.83. The SMILES string of the molecule is CCCCCCC1OCC(C)=C(C)C1=O. The van der Waals surface area contributed by atoms with E-state index in [0.29, 0.717) is 6.61 Å². The molecule has 0 aromatic carbocycles. The lowest BCUT2D eigenvalue weighted by molar-refractivity contribution is -0.128. The van der Waals surface area contributed by atoms with Crippen LogP contribution in [0.2, 0.25) is 0 Å². The van der Waals surface area contributed by atoms with Gasteiger partial charge in [-0.2, -0.15) is 0 Å². The van der Waals surface area contributed by atoms with Gasteiger partial charge in [-0.1, -0.05) is 32.6 Å². The lowest BCUT2D eigenvalue weighted by Crippen LogP contribution is -2.31. The Bertz CT molecular complexity index is 253. The number of rotatable bonds is 5. The molecule has 15 heavy (non-hydrogen) atoms. The van der Waals surface area contributed by atoms with E-state index in [2.05, 4.69) is 6.92 Å². The lowest BCUT2D eigenvalue weighted by atomic mass is 9.96. The summed E-state index contributed by atoms with van der Waals surface area (Å²) in [5.74, 6) is 0.204. The van der Waals surface area contributed by atoms with Crippen molar-refractivity contribution in [1.82, 2.24) is 0 Å². The first kappa shape index (κ1) is 12.4. The number of carbonyl (C=O) groups excluding carboxylic acids is 1. The quantitative estimate of drug-likeness (QED) is 0.651. The van der Waals surface area contributed by atoms with Crippen LogP contribution in [0.4, 0.5) is 0 Å². The standard InChI is InChI=1S/C13H22O2/c1-4-5-6-7-8-12-13(14)11(3)10(2)9-15-12/h12H,4-9H2,1-3H3. The monoisotopic (exact) mass is 210 g/mol. The van der Waals surface area contributed by atoms with Gasteiger partial charge in [-0.3, -0.25) is 4.79 Å². The summed E-state index contributed by atoms with van der Waals surface area (Å²) in [6.45, 7) is 6.72. The molecule has 2 nitrogen and oxygen atoms in total. The summed E-state index contributed by atoms with van der Waals surface area (Å²) in [7, 11) is 0. The third kappa shape index (κ3) is 3.45. The molecule has 0 fully saturated rings. The molecular weight excluding hydrogens is 188 g/mol. The molecule has 0 bridgehead atoms. The number of unbranched alkanes of at least 4 members (excludes halogenated alkanes) is 3. The van der Waals surface area contributed by atoms with Crippen molar-refractivity contribution in [1.29, 1.82) is 0 Å². The van der Waals surface area contributed by atoms with Crippen LogP contribution in [0.25, 0.3) is 0 Å². The highest BCUT2D eigenvalue weighted by molar-refractivity contribution is 5.99. The van der Waals surface area contributed by atoms with Gasteiger partial charge in [-0.05, 0) is 31.4 Å². The van der Waals surface area contributed by atoms with Crippen LogP contribution in [0.1, 0.15) is 52.9 Å². The van der Waals surface area contributed by atoms with Gasteiger partial charge in [0.25, 0.3) is 0 Å². The molecule has 0 saturated heterocycles. The molecule has 1 rings (SSSR count). The highest BCUT2D eigenvalue weighted by atomic mass is 16.5. The smallest absolute Gasteiger partial charge is 0.187 e. The van der Waals surface area contributed by atoms with Crippen molar-refractivity contribution in [2.75, 3.05) is 6.61 Å². The maximum Gasteiger partial charge on any atom is 0.187 e. The predicted molar refractivity (Wildman–Crippen MR) is 61.9 cm³/mol. The Labute approximate surface area is 92.7 Å². The molecule has 86 valence electrons. The van der Waals surface area contributed by atoms with E-state index < -0.39 is 0 Å². The molecular formula is C13H22O2. The van der Waals surface area contributed by atoms with Gasteiger partial charge in [0.2, 0.25) is 0 Å². The zero-order valence-corrected chi connectivity index (χ0v) is 10.1. The second kappa shape index (κ2) is 6.06. The van der Waals surface area contributed by atoms with E-state index in [9.17, 15) is 4.79 Å². The number of hydrogen-bond acceptors (Lipinski definition) is 2. The van der Waals surface area contributed by atoms with Crippen molar-refractivity contribution in [3.8, 4) is 0 Å². The van der Waals surface area contributed by atoms with Crippen LogP contribution < -0.4 is 0 Å². The summed E-state index contributed by atoms with van der Waals surface area (Å²) in [5, 5.41) is 0. The molecule has 2 heteroatoms. The van der Waals surface area contributed by atoms with Crippen molar-refractivity contribution in [2.45, 2.75) is 59.0 Å². The van der Waals surface area contributed by atoms with Crippen LogP contribution in [0, 0.1) is 0 Å². The molecule has 0 radical (unpaired) electrons. The zero-order chi connectivity index (χ0) is 11.3. The summed E-state index contributed by atoms with van der Waals surface area (Å²) in [6, 6.07) is 0. The Hall–Kier alpha value is -0.630. The van der Waals surface area contributed by atoms with Crippen LogP contribution >= 0.6 is 0 Å². The average Bonchev–Trinajstić information content (AvgIpc) is 2.24. The fraction of sp³-hybridized carbons (Fsp3) is 0.769. The van der Waals surface area contributed by atoms with E-state index in [1.54, 1.807) is 0 Å². The molecule has 1 atom stereocenters. The van der Waals surface area contributed by atoms with Gasteiger partial charge in [0.1, 0.15) is 6.10 Å². The van der Waals surface area contributed by atoms with E-state index in [-0.39, 0.29) is 11.9 Å². The molecule has 0 spiro atoms. The Morgan fingerprint density at radius 1 is 1.27 bits per heavy atom. The summed E-state index contributed by atoms with van der Waals surface area (Å²) < 4.78 is 5.55. The fourth-order valence-electron chi connectivity index (χ4n) is 1.83. The second-order valence-corrected chi connectivity index (χ2v) is 4.42. The van der Waals surface area contributed by atoms with E-state index in [4.69, 9.17) is 4.74 Å². The Kier molecular flexibility index (Phi) is 5.03. The molecule has 1 heterocycles. The van der Waals surface area contributed by atoms with Crippen LogP contribution in [0.5, 0.6) is 0 Å². The predicted octanol–water partition coefficient (Wildman–Crippen LogP) is 3.26. The molecule has 1 aliphatic rings. The normalized spacial score (nSPS) is 22.3. The largest absolute Gasteiger partial charge is 0.366 e. The highest BCUT2D eigenvalue weighted by Gasteiger charge is 2.25. The number of ether oxygens (including phenoxy) is 1. The molecule has 0 saturated carbocycles. The van der Waals surface area contributed by atoms with Gasteiger partial charge in [-0.15, -0.1) is 0 Å². The lowest BCUT2D eigenvalue weighted by Gasteiger charge is -2.23. The van der Waals surface area contributed by atoms with E-state index in [1.807, 2.05) is 13.8 Å².